The van der Waals surface area contributed by atoms with E-state index in [-0.39, 0.29) is 11.8 Å². The van der Waals surface area contributed by atoms with E-state index in [1.807, 2.05) is 6.07 Å². The molecule has 6 nitrogen and oxygen atoms in total. The average molecular weight is 381 g/mol. The van der Waals surface area contributed by atoms with Crippen LogP contribution < -0.4 is 5.32 Å². The molecule has 1 aliphatic heterocycles. The average Bonchev–Trinajstić information content (AvgIpc) is 3.26. The summed E-state index contributed by atoms with van der Waals surface area (Å²) in [6.07, 6.45) is 1.49. The van der Waals surface area contributed by atoms with Gasteiger partial charge in [-0.2, -0.15) is 5.26 Å². The number of carbonyl (C=O) groups is 3. The zero-order valence-corrected chi connectivity index (χ0v) is 15.5. The maximum Gasteiger partial charge on any atom is 0.295 e. The van der Waals surface area contributed by atoms with E-state index in [1.54, 1.807) is 46.7 Å². The van der Waals surface area contributed by atoms with Gasteiger partial charge in [-0.15, -0.1) is 11.3 Å². The minimum Gasteiger partial charge on any atom is -0.352 e. The van der Waals surface area contributed by atoms with Crippen molar-refractivity contribution in [1.82, 2.24) is 10.2 Å². The van der Waals surface area contributed by atoms with Gasteiger partial charge in [-0.1, -0.05) is 6.07 Å². The molecule has 3 rings (SSSR count). The van der Waals surface area contributed by atoms with E-state index in [1.165, 1.54) is 11.3 Å². The van der Waals surface area contributed by atoms with Crippen LogP contribution in [0.5, 0.6) is 0 Å². The first-order chi connectivity index (χ1) is 13.1. The molecule has 0 aliphatic carbocycles. The number of nitrogens with zero attached hydrogens (tertiary/aromatic N) is 2. The van der Waals surface area contributed by atoms with Crippen molar-refractivity contribution in [2.75, 3.05) is 19.6 Å². The molecule has 1 N–H and O–H groups in total. The Morgan fingerprint density at radius 1 is 1.15 bits per heavy atom. The number of Topliss-reactive ketones (excluding diaryl/α,β-unsaturated/α-hetero) is 1. The lowest BCUT2D eigenvalue weighted by molar-refractivity contribution is -0.127. The van der Waals surface area contributed by atoms with E-state index in [0.29, 0.717) is 35.6 Å². The summed E-state index contributed by atoms with van der Waals surface area (Å²) in [4.78, 5) is 38.7. The molecule has 7 heteroatoms. The summed E-state index contributed by atoms with van der Waals surface area (Å²) >= 11 is 1.27. The number of ketones is 1. The van der Waals surface area contributed by atoms with Crippen LogP contribution >= 0.6 is 11.3 Å². The number of carbonyl (C=O) groups excluding carboxylic acids is 3. The summed E-state index contributed by atoms with van der Waals surface area (Å²) in [5.41, 5.74) is 1.03. The van der Waals surface area contributed by atoms with Gasteiger partial charge >= 0.3 is 0 Å². The van der Waals surface area contributed by atoms with Crippen LogP contribution in [-0.2, 0) is 4.79 Å². The summed E-state index contributed by atoms with van der Waals surface area (Å²) in [6, 6.07) is 11.9. The molecule has 0 bridgehead atoms. The van der Waals surface area contributed by atoms with Crippen LogP contribution in [0.15, 0.2) is 41.8 Å². The SMILES string of the molecule is N#Cc1ccc(C(=O)NCC2CCN(C(=O)C(=O)c3cccs3)CC2)cc1. The van der Waals surface area contributed by atoms with Crippen molar-refractivity contribution in [2.24, 2.45) is 5.92 Å². The minimum absolute atomic E-state index is 0.175. The van der Waals surface area contributed by atoms with Gasteiger partial charge in [0.15, 0.2) is 0 Å². The fourth-order valence-electron chi connectivity index (χ4n) is 3.03. The minimum atomic E-state index is -0.447. The summed E-state index contributed by atoms with van der Waals surface area (Å²) < 4.78 is 0. The molecule has 0 radical (unpaired) electrons. The Balaban J connectivity index is 1.45. The molecule has 1 aromatic heterocycles. The number of likely N-dealkylation sites (tertiary alicyclic amines) is 1. The normalized spacial score (nSPS) is 14.4. The van der Waals surface area contributed by atoms with E-state index < -0.39 is 11.7 Å². The fourth-order valence-corrected chi connectivity index (χ4v) is 3.69. The Kier molecular flexibility index (Phi) is 5.99. The van der Waals surface area contributed by atoms with Gasteiger partial charge in [-0.25, -0.2) is 0 Å². The molecule has 1 saturated heterocycles. The Morgan fingerprint density at radius 2 is 1.85 bits per heavy atom. The van der Waals surface area contributed by atoms with Crippen LogP contribution in [0, 0.1) is 17.2 Å². The number of nitrogens with one attached hydrogen (secondary N) is 1. The smallest absolute Gasteiger partial charge is 0.295 e. The van der Waals surface area contributed by atoms with Gasteiger partial charge in [0, 0.05) is 25.2 Å². The van der Waals surface area contributed by atoms with Gasteiger partial charge in [0.25, 0.3) is 17.6 Å². The van der Waals surface area contributed by atoms with Crippen molar-refractivity contribution < 1.29 is 14.4 Å². The fraction of sp³-hybridized carbons (Fsp3) is 0.300. The summed E-state index contributed by atoms with van der Waals surface area (Å²) in [5, 5.41) is 13.5. The molecule has 0 saturated carbocycles. The topological polar surface area (TPSA) is 90.3 Å². The highest BCUT2D eigenvalue weighted by atomic mass is 32.1. The van der Waals surface area contributed by atoms with Crippen LogP contribution in [-0.4, -0.2) is 42.1 Å². The van der Waals surface area contributed by atoms with Crippen LogP contribution in [0.25, 0.3) is 0 Å². The summed E-state index contributed by atoms with van der Waals surface area (Å²) in [5.74, 6) is -0.797. The summed E-state index contributed by atoms with van der Waals surface area (Å²) in [6.45, 7) is 1.57. The third-order valence-electron chi connectivity index (χ3n) is 4.67. The highest BCUT2D eigenvalue weighted by molar-refractivity contribution is 7.13. The monoisotopic (exact) mass is 381 g/mol. The maximum absolute atomic E-state index is 12.3. The molecule has 0 atom stereocenters. The Morgan fingerprint density at radius 3 is 2.44 bits per heavy atom. The number of hydrogen-bond donors (Lipinski definition) is 1. The molecule has 138 valence electrons. The second-order valence-corrected chi connectivity index (χ2v) is 7.39. The van der Waals surface area contributed by atoms with Gasteiger partial charge in [-0.3, -0.25) is 14.4 Å². The van der Waals surface area contributed by atoms with Gasteiger partial charge in [0.2, 0.25) is 0 Å². The van der Waals surface area contributed by atoms with E-state index in [0.717, 1.165) is 12.8 Å². The number of thiophene rings is 1. The van der Waals surface area contributed by atoms with Crippen LogP contribution in [0.3, 0.4) is 0 Å². The number of nitriles is 1. The number of hydrogen-bond acceptors (Lipinski definition) is 5. The van der Waals surface area contributed by atoms with Crippen molar-refractivity contribution in [3.63, 3.8) is 0 Å². The molecule has 1 aromatic carbocycles. The van der Waals surface area contributed by atoms with Gasteiger partial charge in [0.1, 0.15) is 0 Å². The van der Waals surface area contributed by atoms with Crippen molar-refractivity contribution in [3.05, 3.63) is 57.8 Å². The first kappa shape index (κ1) is 18.8. The Hall–Kier alpha value is -2.98. The van der Waals surface area contributed by atoms with E-state index in [2.05, 4.69) is 5.32 Å². The second kappa shape index (κ2) is 8.60. The molecular weight excluding hydrogens is 362 g/mol. The quantitative estimate of drug-likeness (QED) is 0.636. The highest BCUT2D eigenvalue weighted by Crippen LogP contribution is 2.19. The highest BCUT2D eigenvalue weighted by Gasteiger charge is 2.28. The zero-order valence-electron chi connectivity index (χ0n) is 14.7. The molecule has 2 aromatic rings. The number of amides is 2. The first-order valence-corrected chi connectivity index (χ1v) is 9.62. The third kappa shape index (κ3) is 4.60. The zero-order chi connectivity index (χ0) is 19.2. The van der Waals surface area contributed by atoms with Crippen molar-refractivity contribution in [2.45, 2.75) is 12.8 Å². The van der Waals surface area contributed by atoms with Gasteiger partial charge in [-0.05, 0) is 54.5 Å². The van der Waals surface area contributed by atoms with Crippen LogP contribution in [0.4, 0.5) is 0 Å². The van der Waals surface area contributed by atoms with E-state index >= 15 is 0 Å². The first-order valence-electron chi connectivity index (χ1n) is 8.74. The van der Waals surface area contributed by atoms with Crippen molar-refractivity contribution in [3.8, 4) is 6.07 Å². The number of piperidine rings is 1. The predicted molar refractivity (Wildman–Crippen MR) is 101 cm³/mol. The third-order valence-corrected chi connectivity index (χ3v) is 5.54. The predicted octanol–water partition coefficient (Wildman–Crippen LogP) is 2.47. The van der Waals surface area contributed by atoms with Crippen LogP contribution in [0.2, 0.25) is 0 Å². The van der Waals surface area contributed by atoms with Gasteiger partial charge in [0.05, 0.1) is 16.5 Å². The largest absolute Gasteiger partial charge is 0.352 e. The maximum atomic E-state index is 12.3. The summed E-state index contributed by atoms with van der Waals surface area (Å²) in [7, 11) is 0. The van der Waals surface area contributed by atoms with Crippen molar-refractivity contribution in [1.29, 1.82) is 5.26 Å². The molecule has 1 aliphatic rings. The number of rotatable bonds is 5. The van der Waals surface area contributed by atoms with E-state index in [4.69, 9.17) is 5.26 Å². The molecule has 2 amide bonds. The molecule has 0 spiro atoms. The van der Waals surface area contributed by atoms with Crippen molar-refractivity contribution >= 4 is 28.9 Å². The lowest BCUT2D eigenvalue weighted by Crippen LogP contribution is -2.44. The molecule has 2 heterocycles. The Labute approximate surface area is 161 Å². The molecule has 27 heavy (non-hydrogen) atoms. The van der Waals surface area contributed by atoms with Crippen LogP contribution in [0.1, 0.15) is 38.4 Å². The van der Waals surface area contributed by atoms with Gasteiger partial charge < -0.3 is 10.2 Å². The lowest BCUT2D eigenvalue weighted by atomic mass is 9.96. The molecular formula is C20H19N3O3S. The molecule has 1 fully saturated rings. The number of benzene rings is 1. The van der Waals surface area contributed by atoms with E-state index in [9.17, 15) is 14.4 Å². The lowest BCUT2D eigenvalue weighted by Gasteiger charge is -2.31. The Bertz CT molecular complexity index is 861. The standard InChI is InChI=1S/C20H19N3O3S/c21-12-14-3-5-16(6-4-14)19(25)22-13-15-7-9-23(10-8-15)20(26)18(24)17-2-1-11-27-17/h1-6,11,15H,7-10,13H2,(H,22,25). The molecule has 0 unspecified atom stereocenters. The second-order valence-electron chi connectivity index (χ2n) is 6.44.